The smallest absolute Gasteiger partial charge is 0.401 e. The van der Waals surface area contributed by atoms with Gasteiger partial charge in [-0.1, -0.05) is 129 Å². The van der Waals surface area contributed by atoms with Gasteiger partial charge in [-0.25, -0.2) is 9.79 Å². The highest BCUT2D eigenvalue weighted by Crippen LogP contribution is 2.20. The van der Waals surface area contributed by atoms with Crippen molar-refractivity contribution in [1.29, 1.82) is 0 Å². The molecule has 0 aromatic carbocycles. The van der Waals surface area contributed by atoms with Gasteiger partial charge in [-0.2, -0.15) is 0 Å². The third-order valence-electron chi connectivity index (χ3n) is 6.58. The largest absolute Gasteiger partial charge is 0.401 e. The van der Waals surface area contributed by atoms with Crippen LogP contribution in [0.1, 0.15) is 156 Å². The molecular weight excluding hydrogens is 454 g/mol. The first-order valence-electron chi connectivity index (χ1n) is 14.9. The van der Waals surface area contributed by atoms with Crippen LogP contribution < -0.4 is 0 Å². The molecule has 210 valence electrons. The fourth-order valence-electron chi connectivity index (χ4n) is 4.48. The number of hydrogen-bond donors (Lipinski definition) is 0. The molecule has 0 aliphatic rings. The van der Waals surface area contributed by atoms with Gasteiger partial charge in [0, 0.05) is 20.4 Å². The summed E-state index contributed by atoms with van der Waals surface area (Å²) in [5.74, 6) is -2.48. The van der Waals surface area contributed by atoms with E-state index in [9.17, 15) is 14.4 Å². The summed E-state index contributed by atoms with van der Waals surface area (Å²) in [7, 11) is 0. The predicted molar refractivity (Wildman–Crippen MR) is 148 cm³/mol. The van der Waals surface area contributed by atoms with E-state index in [1.807, 2.05) is 0 Å². The molecule has 0 aromatic rings. The fraction of sp³-hybridized carbons (Fsp3) is 0.867. The van der Waals surface area contributed by atoms with Crippen LogP contribution in [0.2, 0.25) is 0 Å². The SMILES string of the molecule is CCCCCCCCCCCCC(CCCCCCCCCC)CN=C(OC(C)=O)C(=O)OC(C)=O. The summed E-state index contributed by atoms with van der Waals surface area (Å²) in [6.07, 6.45) is 25.3. The van der Waals surface area contributed by atoms with Crippen LogP contribution in [0.4, 0.5) is 0 Å². The zero-order valence-corrected chi connectivity index (χ0v) is 23.9. The highest BCUT2D eigenvalue weighted by atomic mass is 16.6. The number of esters is 3. The Balaban J connectivity index is 4.59. The third-order valence-corrected chi connectivity index (χ3v) is 6.58. The van der Waals surface area contributed by atoms with Gasteiger partial charge in [0.1, 0.15) is 0 Å². The summed E-state index contributed by atoms with van der Waals surface area (Å²) >= 11 is 0. The lowest BCUT2D eigenvalue weighted by Gasteiger charge is -2.15. The van der Waals surface area contributed by atoms with Crippen molar-refractivity contribution in [2.45, 2.75) is 156 Å². The van der Waals surface area contributed by atoms with Gasteiger partial charge in [0.2, 0.25) is 0 Å². The molecule has 0 aromatic heterocycles. The van der Waals surface area contributed by atoms with Crippen molar-refractivity contribution in [2.75, 3.05) is 6.54 Å². The summed E-state index contributed by atoms with van der Waals surface area (Å²) in [5, 5.41) is 0. The van der Waals surface area contributed by atoms with Gasteiger partial charge >= 0.3 is 23.8 Å². The summed E-state index contributed by atoms with van der Waals surface area (Å²) in [6.45, 7) is 7.24. The van der Waals surface area contributed by atoms with Gasteiger partial charge in [-0.3, -0.25) is 9.59 Å². The molecule has 0 N–H and O–H groups in total. The Morgan fingerprint density at radius 1 is 0.556 bits per heavy atom. The van der Waals surface area contributed by atoms with Crippen molar-refractivity contribution in [3.05, 3.63) is 0 Å². The molecule has 1 unspecified atom stereocenters. The standard InChI is InChI=1S/C30H55NO5/c1-5-7-9-11-13-15-16-18-20-22-24-28(23-21-19-17-14-12-10-8-6-2)25-31-29(35-26(3)32)30(34)36-27(4)33/h28H,5-25H2,1-4H3. The van der Waals surface area contributed by atoms with Crippen LogP contribution in [-0.4, -0.2) is 30.4 Å². The second-order valence-electron chi connectivity index (χ2n) is 10.2. The van der Waals surface area contributed by atoms with E-state index in [1.54, 1.807) is 0 Å². The molecule has 0 saturated heterocycles. The molecule has 6 nitrogen and oxygen atoms in total. The van der Waals surface area contributed by atoms with E-state index in [2.05, 4.69) is 23.6 Å². The molecule has 0 aliphatic carbocycles. The fourth-order valence-corrected chi connectivity index (χ4v) is 4.48. The zero-order valence-electron chi connectivity index (χ0n) is 23.9. The van der Waals surface area contributed by atoms with Gasteiger partial charge in [0.25, 0.3) is 0 Å². The summed E-state index contributed by atoms with van der Waals surface area (Å²) in [4.78, 5) is 38.9. The topological polar surface area (TPSA) is 82.0 Å². The molecule has 36 heavy (non-hydrogen) atoms. The van der Waals surface area contributed by atoms with E-state index in [4.69, 9.17) is 4.74 Å². The number of hydrogen-bond acceptors (Lipinski definition) is 6. The molecule has 0 amide bonds. The summed E-state index contributed by atoms with van der Waals surface area (Å²) in [6, 6.07) is 0. The molecule has 0 fully saturated rings. The second kappa shape index (κ2) is 25.0. The Bertz CT molecular complexity index is 602. The van der Waals surface area contributed by atoms with Gasteiger partial charge < -0.3 is 9.47 Å². The number of carbonyl (C=O) groups excluding carboxylic acids is 3. The zero-order chi connectivity index (χ0) is 26.9. The Labute approximate surface area is 221 Å². The molecule has 0 bridgehead atoms. The maximum atomic E-state index is 12.1. The van der Waals surface area contributed by atoms with Crippen LogP contribution in [0.15, 0.2) is 4.99 Å². The number of unbranched alkanes of at least 4 members (excludes halogenated alkanes) is 16. The Morgan fingerprint density at radius 3 is 1.28 bits per heavy atom. The van der Waals surface area contributed by atoms with Crippen molar-refractivity contribution < 1.29 is 23.9 Å². The molecule has 0 radical (unpaired) electrons. The van der Waals surface area contributed by atoms with Gasteiger partial charge in [-0.05, 0) is 18.8 Å². The number of carbonyl (C=O) groups is 3. The van der Waals surface area contributed by atoms with Crippen molar-refractivity contribution >= 4 is 23.8 Å². The van der Waals surface area contributed by atoms with Crippen LogP contribution in [0.25, 0.3) is 0 Å². The van der Waals surface area contributed by atoms with E-state index in [-0.39, 0.29) is 0 Å². The van der Waals surface area contributed by atoms with Crippen molar-refractivity contribution in [2.24, 2.45) is 10.9 Å². The molecule has 6 heteroatoms. The maximum Gasteiger partial charge on any atom is 0.401 e. The molecule has 0 heterocycles. The first-order chi connectivity index (χ1) is 17.4. The number of aliphatic imine (C=N–C) groups is 1. The van der Waals surface area contributed by atoms with Crippen molar-refractivity contribution in [1.82, 2.24) is 0 Å². The minimum Gasteiger partial charge on any atom is -0.401 e. The second-order valence-corrected chi connectivity index (χ2v) is 10.2. The summed E-state index contributed by atoms with van der Waals surface area (Å²) < 4.78 is 9.52. The molecular formula is C30H55NO5. The number of ether oxygens (including phenoxy) is 2. The lowest BCUT2D eigenvalue weighted by Crippen LogP contribution is -2.25. The van der Waals surface area contributed by atoms with Crippen LogP contribution in [-0.2, 0) is 23.9 Å². The van der Waals surface area contributed by atoms with E-state index in [0.717, 1.165) is 32.6 Å². The van der Waals surface area contributed by atoms with Gasteiger partial charge in [-0.15, -0.1) is 0 Å². The average molecular weight is 510 g/mol. The lowest BCUT2D eigenvalue weighted by molar-refractivity contribution is -0.155. The van der Waals surface area contributed by atoms with Crippen molar-refractivity contribution in [3.8, 4) is 0 Å². The van der Waals surface area contributed by atoms with E-state index < -0.39 is 23.8 Å². The van der Waals surface area contributed by atoms with Crippen LogP contribution in [0.5, 0.6) is 0 Å². The summed E-state index contributed by atoms with van der Waals surface area (Å²) in [5.41, 5.74) is 0. The predicted octanol–water partition coefficient (Wildman–Crippen LogP) is 8.50. The van der Waals surface area contributed by atoms with Crippen LogP contribution >= 0.6 is 0 Å². The molecule has 0 rings (SSSR count). The van der Waals surface area contributed by atoms with E-state index >= 15 is 0 Å². The van der Waals surface area contributed by atoms with E-state index in [0.29, 0.717) is 12.5 Å². The van der Waals surface area contributed by atoms with E-state index in [1.165, 1.54) is 110 Å². The van der Waals surface area contributed by atoms with Gasteiger partial charge in [0.05, 0.1) is 0 Å². The van der Waals surface area contributed by atoms with Crippen LogP contribution in [0.3, 0.4) is 0 Å². The van der Waals surface area contributed by atoms with Crippen molar-refractivity contribution in [3.63, 3.8) is 0 Å². The maximum absolute atomic E-state index is 12.1. The first kappa shape index (κ1) is 34.3. The Morgan fingerprint density at radius 2 is 0.917 bits per heavy atom. The third kappa shape index (κ3) is 22.7. The molecule has 0 saturated carbocycles. The minimum atomic E-state index is -0.998. The minimum absolute atomic E-state index is 0.329. The number of rotatable bonds is 22. The molecule has 1 atom stereocenters. The molecule has 0 spiro atoms. The monoisotopic (exact) mass is 509 g/mol. The van der Waals surface area contributed by atoms with Gasteiger partial charge in [0.15, 0.2) is 0 Å². The lowest BCUT2D eigenvalue weighted by atomic mass is 9.94. The Kier molecular flexibility index (Phi) is 23.8. The normalized spacial score (nSPS) is 12.4. The number of nitrogens with zero attached hydrogens (tertiary/aromatic N) is 1. The average Bonchev–Trinajstić information content (AvgIpc) is 2.83. The first-order valence-corrected chi connectivity index (χ1v) is 14.9. The quantitative estimate of drug-likeness (QED) is 0.0480. The molecule has 0 aliphatic heterocycles. The Hall–Kier alpha value is -1.72. The highest BCUT2D eigenvalue weighted by Gasteiger charge is 2.20. The van der Waals surface area contributed by atoms with Crippen LogP contribution in [0, 0.1) is 5.92 Å². The highest BCUT2D eigenvalue weighted by molar-refractivity contribution is 6.35.